The average Bonchev–Trinajstić information content (AvgIpc) is 2.71. The quantitative estimate of drug-likeness (QED) is 0.509. The molecule has 27 heavy (non-hydrogen) atoms. The summed E-state index contributed by atoms with van der Waals surface area (Å²) in [7, 11) is 1.41. The van der Waals surface area contributed by atoms with Crippen LogP contribution in [0.25, 0.3) is 11.3 Å². The minimum absolute atomic E-state index is 0.194. The standard InChI is InChI=1S/C24H21NO2/c1-18-5-3-4-6-22(18)23-17-21(15-16-25-23)12-11-19-7-9-20(10-8-19)13-14-24(26)27-2/h3-10,15-17H,13-14H2,1-2H3. The van der Waals surface area contributed by atoms with Crippen molar-refractivity contribution >= 4 is 5.97 Å². The van der Waals surface area contributed by atoms with Crippen LogP contribution < -0.4 is 0 Å². The Morgan fingerprint density at radius 2 is 1.74 bits per heavy atom. The molecule has 0 atom stereocenters. The molecule has 2 aromatic carbocycles. The predicted octanol–water partition coefficient (Wildman–Crippen LogP) is 4.56. The van der Waals surface area contributed by atoms with Gasteiger partial charge in [-0.2, -0.15) is 0 Å². The van der Waals surface area contributed by atoms with Crippen molar-refractivity contribution in [1.29, 1.82) is 0 Å². The number of methoxy groups -OCH3 is 1. The van der Waals surface area contributed by atoms with E-state index in [1.165, 1.54) is 12.7 Å². The Balaban J connectivity index is 1.73. The number of rotatable bonds is 4. The van der Waals surface area contributed by atoms with Crippen LogP contribution in [0.5, 0.6) is 0 Å². The van der Waals surface area contributed by atoms with Gasteiger partial charge in [-0.25, -0.2) is 0 Å². The van der Waals surface area contributed by atoms with Crippen LogP contribution in [0.15, 0.2) is 66.9 Å². The number of aryl methyl sites for hydroxylation is 2. The Kier molecular flexibility index (Phi) is 6.02. The molecule has 0 radical (unpaired) electrons. The third-order valence-corrected chi connectivity index (χ3v) is 4.33. The summed E-state index contributed by atoms with van der Waals surface area (Å²) in [5.41, 5.74) is 6.20. The van der Waals surface area contributed by atoms with Crippen molar-refractivity contribution in [2.45, 2.75) is 19.8 Å². The molecule has 1 heterocycles. The Hall–Kier alpha value is -3.38. The molecule has 0 aliphatic rings. The van der Waals surface area contributed by atoms with Gasteiger partial charge in [0, 0.05) is 29.3 Å². The number of benzene rings is 2. The maximum Gasteiger partial charge on any atom is 0.305 e. The molecule has 0 saturated heterocycles. The van der Waals surface area contributed by atoms with Crippen molar-refractivity contribution in [2.24, 2.45) is 0 Å². The number of aromatic nitrogens is 1. The Bertz CT molecular complexity index is 995. The van der Waals surface area contributed by atoms with Gasteiger partial charge in [0.2, 0.25) is 0 Å². The first-order valence-corrected chi connectivity index (χ1v) is 8.85. The van der Waals surface area contributed by atoms with Gasteiger partial charge in [0.05, 0.1) is 12.8 Å². The summed E-state index contributed by atoms with van der Waals surface area (Å²) in [5.74, 6) is 6.20. The molecule has 3 nitrogen and oxygen atoms in total. The number of carbonyl (C=O) groups excluding carboxylic acids is 1. The lowest BCUT2D eigenvalue weighted by atomic mass is 10.0. The fourth-order valence-corrected chi connectivity index (χ4v) is 2.76. The van der Waals surface area contributed by atoms with E-state index >= 15 is 0 Å². The smallest absolute Gasteiger partial charge is 0.305 e. The number of nitrogens with zero attached hydrogens (tertiary/aromatic N) is 1. The highest BCUT2D eigenvalue weighted by atomic mass is 16.5. The first-order chi connectivity index (χ1) is 13.2. The maximum absolute atomic E-state index is 11.2. The number of carbonyl (C=O) groups is 1. The van der Waals surface area contributed by atoms with Crippen LogP contribution in [-0.2, 0) is 16.0 Å². The fraction of sp³-hybridized carbons (Fsp3) is 0.167. The van der Waals surface area contributed by atoms with E-state index in [0.717, 1.165) is 27.9 Å². The van der Waals surface area contributed by atoms with Gasteiger partial charge in [0.15, 0.2) is 0 Å². The predicted molar refractivity (Wildman–Crippen MR) is 107 cm³/mol. The topological polar surface area (TPSA) is 39.2 Å². The van der Waals surface area contributed by atoms with E-state index in [0.29, 0.717) is 12.8 Å². The summed E-state index contributed by atoms with van der Waals surface area (Å²) >= 11 is 0. The van der Waals surface area contributed by atoms with Crippen LogP contribution >= 0.6 is 0 Å². The number of hydrogen-bond donors (Lipinski definition) is 0. The summed E-state index contributed by atoms with van der Waals surface area (Å²) in [6.07, 6.45) is 2.85. The molecule has 0 aliphatic carbocycles. The van der Waals surface area contributed by atoms with Gasteiger partial charge >= 0.3 is 5.97 Å². The number of pyridine rings is 1. The lowest BCUT2D eigenvalue weighted by Gasteiger charge is -2.04. The van der Waals surface area contributed by atoms with E-state index in [9.17, 15) is 4.79 Å². The first kappa shape index (κ1) is 18.4. The van der Waals surface area contributed by atoms with Crippen LogP contribution in [0.4, 0.5) is 0 Å². The van der Waals surface area contributed by atoms with Crippen molar-refractivity contribution in [3.8, 4) is 23.1 Å². The third-order valence-electron chi connectivity index (χ3n) is 4.33. The fourth-order valence-electron chi connectivity index (χ4n) is 2.76. The van der Waals surface area contributed by atoms with Crippen molar-refractivity contribution in [3.63, 3.8) is 0 Å². The molecule has 0 unspecified atom stereocenters. The SMILES string of the molecule is COC(=O)CCc1ccc(C#Cc2ccnc(-c3ccccc3C)c2)cc1. The summed E-state index contributed by atoms with van der Waals surface area (Å²) in [6, 6.07) is 20.1. The van der Waals surface area contributed by atoms with Gasteiger partial charge in [-0.15, -0.1) is 0 Å². The largest absolute Gasteiger partial charge is 0.469 e. The highest BCUT2D eigenvalue weighted by Gasteiger charge is 2.03. The highest BCUT2D eigenvalue weighted by Crippen LogP contribution is 2.21. The van der Waals surface area contributed by atoms with E-state index in [2.05, 4.69) is 40.6 Å². The van der Waals surface area contributed by atoms with Gasteiger partial charge < -0.3 is 4.74 Å². The Morgan fingerprint density at radius 3 is 2.48 bits per heavy atom. The van der Waals surface area contributed by atoms with Crippen LogP contribution in [0.2, 0.25) is 0 Å². The maximum atomic E-state index is 11.2. The minimum atomic E-state index is -0.194. The molecular formula is C24H21NO2. The summed E-state index contributed by atoms with van der Waals surface area (Å²) in [4.78, 5) is 15.7. The second-order valence-corrected chi connectivity index (χ2v) is 6.27. The lowest BCUT2D eigenvalue weighted by Crippen LogP contribution is -2.01. The van der Waals surface area contributed by atoms with E-state index in [1.54, 1.807) is 6.20 Å². The van der Waals surface area contributed by atoms with Gasteiger partial charge in [0.1, 0.15) is 0 Å². The molecule has 0 spiro atoms. The first-order valence-electron chi connectivity index (χ1n) is 8.85. The monoisotopic (exact) mass is 355 g/mol. The van der Waals surface area contributed by atoms with Gasteiger partial charge in [-0.1, -0.05) is 48.2 Å². The van der Waals surface area contributed by atoms with Crippen molar-refractivity contribution in [1.82, 2.24) is 4.98 Å². The van der Waals surface area contributed by atoms with Gasteiger partial charge in [-0.3, -0.25) is 9.78 Å². The molecule has 0 aliphatic heterocycles. The van der Waals surface area contributed by atoms with Crippen molar-refractivity contribution in [2.75, 3.05) is 7.11 Å². The number of ether oxygens (including phenoxy) is 1. The molecule has 1 aromatic heterocycles. The molecule has 0 N–H and O–H groups in total. The second kappa shape index (κ2) is 8.82. The van der Waals surface area contributed by atoms with E-state index in [-0.39, 0.29) is 5.97 Å². The average molecular weight is 355 g/mol. The summed E-state index contributed by atoms with van der Waals surface area (Å²) in [5, 5.41) is 0. The molecule has 3 aromatic rings. The Labute approximate surface area is 160 Å². The van der Waals surface area contributed by atoms with Crippen molar-refractivity contribution in [3.05, 3.63) is 89.1 Å². The zero-order chi connectivity index (χ0) is 19.1. The molecule has 0 amide bonds. The molecular weight excluding hydrogens is 334 g/mol. The molecule has 0 saturated carbocycles. The van der Waals surface area contributed by atoms with E-state index in [1.807, 2.05) is 48.5 Å². The summed E-state index contributed by atoms with van der Waals surface area (Å²) in [6.45, 7) is 2.08. The van der Waals surface area contributed by atoms with Gasteiger partial charge in [-0.05, 0) is 48.7 Å². The molecule has 0 fully saturated rings. The number of hydrogen-bond acceptors (Lipinski definition) is 3. The van der Waals surface area contributed by atoms with Crippen LogP contribution in [0.1, 0.15) is 28.7 Å². The van der Waals surface area contributed by atoms with E-state index < -0.39 is 0 Å². The van der Waals surface area contributed by atoms with Crippen LogP contribution in [-0.4, -0.2) is 18.1 Å². The summed E-state index contributed by atoms with van der Waals surface area (Å²) < 4.78 is 4.67. The normalized spacial score (nSPS) is 10.0. The second-order valence-electron chi connectivity index (χ2n) is 6.27. The zero-order valence-electron chi connectivity index (χ0n) is 15.5. The van der Waals surface area contributed by atoms with E-state index in [4.69, 9.17) is 0 Å². The molecule has 3 rings (SSSR count). The lowest BCUT2D eigenvalue weighted by molar-refractivity contribution is -0.140. The number of esters is 1. The third kappa shape index (κ3) is 5.05. The van der Waals surface area contributed by atoms with Crippen LogP contribution in [0.3, 0.4) is 0 Å². The zero-order valence-corrected chi connectivity index (χ0v) is 15.5. The molecule has 0 bridgehead atoms. The molecule has 134 valence electrons. The van der Waals surface area contributed by atoms with Gasteiger partial charge in [0.25, 0.3) is 0 Å². The van der Waals surface area contributed by atoms with Crippen LogP contribution in [0, 0.1) is 18.8 Å². The van der Waals surface area contributed by atoms with Crippen molar-refractivity contribution < 1.29 is 9.53 Å². The minimum Gasteiger partial charge on any atom is -0.469 e. The Morgan fingerprint density at radius 1 is 1.00 bits per heavy atom. The molecule has 3 heteroatoms. The highest BCUT2D eigenvalue weighted by molar-refractivity contribution is 5.69.